The molecule has 1 atom stereocenters. The first-order valence-electron chi connectivity index (χ1n) is 8.80. The summed E-state index contributed by atoms with van der Waals surface area (Å²) in [5, 5.41) is 6.98. The summed E-state index contributed by atoms with van der Waals surface area (Å²) >= 11 is 0. The maximum absolute atomic E-state index is 13.2. The van der Waals surface area contributed by atoms with Crippen molar-refractivity contribution in [1.29, 1.82) is 0 Å². The lowest BCUT2D eigenvalue weighted by atomic mass is 9.90. The molecule has 0 radical (unpaired) electrons. The highest BCUT2D eigenvalue weighted by Gasteiger charge is 2.32. The van der Waals surface area contributed by atoms with Crippen molar-refractivity contribution >= 4 is 20.6 Å². The van der Waals surface area contributed by atoms with Gasteiger partial charge in [-0.15, -0.1) is 0 Å². The number of aryl methyl sites for hydroxylation is 1. The monoisotopic (exact) mass is 359 g/mol. The first-order valence-corrected chi connectivity index (χ1v) is 10.3. The summed E-state index contributed by atoms with van der Waals surface area (Å²) in [7, 11) is -3.63. The Bertz CT molecular complexity index is 880. The number of sulfone groups is 1. The molecule has 1 aliphatic carbocycles. The molecule has 6 heteroatoms. The molecule has 0 amide bonds. The Hall–Kier alpha value is -2.08. The van der Waals surface area contributed by atoms with E-state index in [-0.39, 0.29) is 11.7 Å². The number of fused-ring (bicyclic) bond motifs is 1. The molecule has 1 heterocycles. The van der Waals surface area contributed by atoms with Crippen LogP contribution in [0.2, 0.25) is 0 Å². The number of nitrogens with one attached hydrogen (secondary N) is 1. The van der Waals surface area contributed by atoms with E-state index in [9.17, 15) is 8.42 Å². The number of nitrogen functional groups attached to an aromatic ring is 1. The van der Waals surface area contributed by atoms with Crippen molar-refractivity contribution in [2.45, 2.75) is 50.8 Å². The number of hydrogen-bond donors (Lipinski definition) is 2. The maximum Gasteiger partial charge on any atom is 0.207 e. The Morgan fingerprint density at radius 3 is 2.64 bits per heavy atom. The standard InChI is InChI=1S/C19H25N3O2S/c1-3-4-5-6-14-11-16-18(19(20)22-21-16)17(12-14)25(23,24)15-9-7-13(2)8-10-15/h7-10,12,14H,3-6,11H2,1-2H3,(H3,20,21,22). The predicted octanol–water partition coefficient (Wildman–Crippen LogP) is 3.87. The molecule has 0 saturated carbocycles. The number of aromatic nitrogens is 2. The normalized spacial score (nSPS) is 17.2. The third kappa shape index (κ3) is 3.49. The highest BCUT2D eigenvalue weighted by Crippen LogP contribution is 2.39. The van der Waals surface area contributed by atoms with E-state index in [0.29, 0.717) is 15.4 Å². The molecule has 25 heavy (non-hydrogen) atoms. The second-order valence-electron chi connectivity index (χ2n) is 6.77. The van der Waals surface area contributed by atoms with Crippen molar-refractivity contribution in [3.05, 3.63) is 47.2 Å². The molecule has 0 bridgehead atoms. The van der Waals surface area contributed by atoms with Crippen LogP contribution in [0.25, 0.3) is 4.91 Å². The molecule has 1 aromatic heterocycles. The number of benzene rings is 1. The second kappa shape index (κ2) is 7.04. The summed E-state index contributed by atoms with van der Waals surface area (Å²) in [6.07, 6.45) is 7.01. The average molecular weight is 359 g/mol. The van der Waals surface area contributed by atoms with E-state index < -0.39 is 9.84 Å². The van der Waals surface area contributed by atoms with E-state index in [4.69, 9.17) is 5.73 Å². The van der Waals surface area contributed by atoms with Gasteiger partial charge in [0.15, 0.2) is 5.82 Å². The van der Waals surface area contributed by atoms with Gasteiger partial charge in [0.2, 0.25) is 9.84 Å². The van der Waals surface area contributed by atoms with Gasteiger partial charge in [0, 0.05) is 5.69 Å². The minimum atomic E-state index is -3.63. The average Bonchev–Trinajstić information content (AvgIpc) is 2.96. The van der Waals surface area contributed by atoms with Crippen LogP contribution in [0, 0.1) is 12.8 Å². The van der Waals surface area contributed by atoms with Gasteiger partial charge >= 0.3 is 0 Å². The molecule has 0 saturated heterocycles. The summed E-state index contributed by atoms with van der Waals surface area (Å²) in [6.45, 7) is 4.10. The predicted molar refractivity (Wildman–Crippen MR) is 101 cm³/mol. The molecular formula is C19H25N3O2S. The molecular weight excluding hydrogens is 334 g/mol. The molecule has 2 aromatic rings. The molecule has 134 valence electrons. The Morgan fingerprint density at radius 2 is 1.96 bits per heavy atom. The van der Waals surface area contributed by atoms with E-state index in [1.54, 1.807) is 12.1 Å². The van der Waals surface area contributed by atoms with Gasteiger partial charge in [0.25, 0.3) is 0 Å². The molecule has 1 aromatic carbocycles. The number of H-pyrrole nitrogens is 1. The van der Waals surface area contributed by atoms with Crippen LogP contribution < -0.4 is 5.73 Å². The van der Waals surface area contributed by atoms with Crippen LogP contribution in [0.1, 0.15) is 49.4 Å². The summed E-state index contributed by atoms with van der Waals surface area (Å²) in [4.78, 5) is 0.593. The molecule has 5 nitrogen and oxygen atoms in total. The van der Waals surface area contributed by atoms with E-state index in [2.05, 4.69) is 17.1 Å². The van der Waals surface area contributed by atoms with Gasteiger partial charge in [-0.1, -0.05) is 50.0 Å². The molecule has 1 aliphatic rings. The topological polar surface area (TPSA) is 88.8 Å². The Labute approximate surface area is 149 Å². The number of hydrogen-bond acceptors (Lipinski definition) is 4. The van der Waals surface area contributed by atoms with Gasteiger partial charge in [0.05, 0.1) is 15.4 Å². The quantitative estimate of drug-likeness (QED) is 0.766. The van der Waals surface area contributed by atoms with Crippen molar-refractivity contribution in [2.75, 3.05) is 5.73 Å². The van der Waals surface area contributed by atoms with Gasteiger partial charge in [0.1, 0.15) is 0 Å². The Morgan fingerprint density at radius 1 is 1.24 bits per heavy atom. The molecule has 0 spiro atoms. The van der Waals surface area contributed by atoms with Crippen LogP contribution in [0.5, 0.6) is 0 Å². The summed E-state index contributed by atoms with van der Waals surface area (Å²) in [6, 6.07) is 6.94. The smallest absolute Gasteiger partial charge is 0.207 e. The fourth-order valence-electron chi connectivity index (χ4n) is 3.35. The molecule has 0 fully saturated rings. The summed E-state index contributed by atoms with van der Waals surface area (Å²) < 4.78 is 26.4. The number of allylic oxidation sites excluding steroid dienone is 1. The lowest BCUT2D eigenvalue weighted by molar-refractivity contribution is 0.528. The number of nitrogens with two attached hydrogens (primary N) is 1. The fourth-order valence-corrected chi connectivity index (χ4v) is 4.96. The highest BCUT2D eigenvalue weighted by molar-refractivity contribution is 8.00. The van der Waals surface area contributed by atoms with Crippen molar-refractivity contribution in [3.8, 4) is 0 Å². The third-order valence-corrected chi connectivity index (χ3v) is 6.58. The van der Waals surface area contributed by atoms with Crippen LogP contribution in [0.15, 0.2) is 35.2 Å². The first kappa shape index (κ1) is 17.7. The zero-order chi connectivity index (χ0) is 18.0. The fraction of sp³-hybridized carbons (Fsp3) is 0.421. The minimum Gasteiger partial charge on any atom is -0.382 e. The largest absolute Gasteiger partial charge is 0.382 e. The number of nitrogens with zero attached hydrogens (tertiary/aromatic N) is 1. The van der Waals surface area contributed by atoms with Crippen LogP contribution in [0.3, 0.4) is 0 Å². The highest BCUT2D eigenvalue weighted by atomic mass is 32.2. The van der Waals surface area contributed by atoms with E-state index >= 15 is 0 Å². The second-order valence-corrected chi connectivity index (χ2v) is 8.69. The van der Waals surface area contributed by atoms with E-state index in [1.165, 1.54) is 0 Å². The number of anilines is 1. The zero-order valence-electron chi connectivity index (χ0n) is 14.7. The summed E-state index contributed by atoms with van der Waals surface area (Å²) in [5.74, 6) is 0.443. The lowest BCUT2D eigenvalue weighted by Gasteiger charge is -2.21. The van der Waals surface area contributed by atoms with E-state index in [1.807, 2.05) is 25.1 Å². The van der Waals surface area contributed by atoms with Crippen molar-refractivity contribution in [1.82, 2.24) is 10.2 Å². The first-order chi connectivity index (χ1) is 11.9. The lowest BCUT2D eigenvalue weighted by Crippen LogP contribution is -2.16. The van der Waals surface area contributed by atoms with Crippen LogP contribution >= 0.6 is 0 Å². The maximum atomic E-state index is 13.2. The third-order valence-electron chi connectivity index (χ3n) is 4.77. The van der Waals surface area contributed by atoms with Gasteiger partial charge < -0.3 is 5.73 Å². The SMILES string of the molecule is CCCCCC1C=C(S(=O)(=O)c2ccc(C)cc2)c2c(N)n[nH]c2C1. The molecule has 0 aliphatic heterocycles. The van der Waals surface area contributed by atoms with Crippen molar-refractivity contribution < 1.29 is 8.42 Å². The van der Waals surface area contributed by atoms with Crippen LogP contribution in [-0.2, 0) is 16.3 Å². The number of unbranched alkanes of at least 4 members (excludes halogenated alkanes) is 2. The van der Waals surface area contributed by atoms with Gasteiger partial charge in [-0.2, -0.15) is 5.10 Å². The molecule has 1 unspecified atom stereocenters. The van der Waals surface area contributed by atoms with Crippen LogP contribution in [0.4, 0.5) is 5.82 Å². The van der Waals surface area contributed by atoms with E-state index in [0.717, 1.165) is 43.4 Å². The molecule has 3 N–H and O–H groups in total. The zero-order valence-corrected chi connectivity index (χ0v) is 15.6. The Balaban J connectivity index is 2.02. The van der Waals surface area contributed by atoms with Crippen LogP contribution in [-0.4, -0.2) is 18.6 Å². The number of aromatic amines is 1. The van der Waals surface area contributed by atoms with Gasteiger partial charge in [-0.25, -0.2) is 8.42 Å². The van der Waals surface area contributed by atoms with Gasteiger partial charge in [-0.3, -0.25) is 5.10 Å². The minimum absolute atomic E-state index is 0.189. The molecule has 3 rings (SSSR count). The number of rotatable bonds is 6. The van der Waals surface area contributed by atoms with Gasteiger partial charge in [-0.05, 0) is 37.8 Å². The Kier molecular flexibility index (Phi) is 4.99. The van der Waals surface area contributed by atoms with Crippen molar-refractivity contribution in [2.24, 2.45) is 5.92 Å². The summed E-state index contributed by atoms with van der Waals surface area (Å²) in [5.41, 5.74) is 8.37. The van der Waals surface area contributed by atoms with Crippen molar-refractivity contribution in [3.63, 3.8) is 0 Å².